The molecule has 0 heterocycles. The molecule has 0 bridgehead atoms. The molecule has 0 spiro atoms. The van der Waals surface area contributed by atoms with Gasteiger partial charge in [0.2, 0.25) is 0 Å². The van der Waals surface area contributed by atoms with Crippen LogP contribution < -0.4 is 5.32 Å². The third-order valence-corrected chi connectivity index (χ3v) is 1.49. The van der Waals surface area contributed by atoms with Gasteiger partial charge in [-0.2, -0.15) is 0 Å². The van der Waals surface area contributed by atoms with Crippen molar-refractivity contribution in [1.82, 2.24) is 5.32 Å². The van der Waals surface area contributed by atoms with Crippen molar-refractivity contribution in [1.29, 1.82) is 0 Å². The summed E-state index contributed by atoms with van der Waals surface area (Å²) in [5.74, 6) is 0. The van der Waals surface area contributed by atoms with Gasteiger partial charge in [0.25, 0.3) is 0 Å². The van der Waals surface area contributed by atoms with Crippen LogP contribution in [0.2, 0.25) is 0 Å². The zero-order valence-electron chi connectivity index (χ0n) is 7.63. The maximum Gasteiger partial charge on any atom is 0.404 e. The Morgan fingerprint density at radius 3 is 2.42 bits per heavy atom. The van der Waals surface area contributed by atoms with Crippen molar-refractivity contribution in [3.05, 3.63) is 0 Å². The molecule has 0 saturated carbocycles. The summed E-state index contributed by atoms with van der Waals surface area (Å²) >= 11 is 0. The van der Waals surface area contributed by atoms with Crippen LogP contribution in [0, 0.1) is 0 Å². The Balaban J connectivity index is 3.17. The molecule has 0 aromatic carbocycles. The van der Waals surface area contributed by atoms with Gasteiger partial charge in [-0.05, 0) is 33.1 Å². The summed E-state index contributed by atoms with van der Waals surface area (Å²) in [6.07, 6.45) is 1.33. The molecule has 12 heavy (non-hydrogen) atoms. The Morgan fingerprint density at radius 1 is 1.42 bits per heavy atom. The second kappa shape index (κ2) is 4.98. The van der Waals surface area contributed by atoms with E-state index in [1.54, 1.807) is 13.8 Å². The highest BCUT2D eigenvalue weighted by Crippen LogP contribution is 2.11. The van der Waals surface area contributed by atoms with Crippen molar-refractivity contribution in [3.8, 4) is 0 Å². The second-order valence-electron chi connectivity index (χ2n) is 3.50. The van der Waals surface area contributed by atoms with Gasteiger partial charge in [-0.25, -0.2) is 4.79 Å². The molecule has 0 fully saturated rings. The molecule has 72 valence electrons. The molecule has 0 aliphatic rings. The van der Waals surface area contributed by atoms with Crippen LogP contribution in [0.5, 0.6) is 0 Å². The first-order chi connectivity index (χ1) is 5.42. The first kappa shape index (κ1) is 11.2. The fourth-order valence-corrected chi connectivity index (χ4v) is 0.878. The van der Waals surface area contributed by atoms with E-state index < -0.39 is 11.7 Å². The molecule has 0 atom stereocenters. The van der Waals surface area contributed by atoms with E-state index in [9.17, 15) is 9.90 Å². The van der Waals surface area contributed by atoms with Gasteiger partial charge >= 0.3 is 6.09 Å². The highest BCUT2D eigenvalue weighted by Gasteiger charge is 2.10. The summed E-state index contributed by atoms with van der Waals surface area (Å²) < 4.78 is 0. The molecular formula is C8H17NO3. The first-order valence-corrected chi connectivity index (χ1v) is 4.11. The lowest BCUT2D eigenvalue weighted by atomic mass is 10.0. The number of rotatable bonds is 5. The summed E-state index contributed by atoms with van der Waals surface area (Å²) in [7, 11) is 0. The van der Waals surface area contributed by atoms with E-state index in [0.717, 1.165) is 12.8 Å². The van der Waals surface area contributed by atoms with E-state index in [1.807, 2.05) is 0 Å². The molecule has 0 aromatic rings. The minimum atomic E-state index is -0.988. The fraction of sp³-hybridized carbons (Fsp3) is 0.875. The Kier molecular flexibility index (Phi) is 4.66. The van der Waals surface area contributed by atoms with Crippen LogP contribution in [-0.2, 0) is 0 Å². The molecule has 0 aromatic heterocycles. The average Bonchev–Trinajstić information content (AvgIpc) is 1.83. The van der Waals surface area contributed by atoms with Crippen molar-refractivity contribution in [3.63, 3.8) is 0 Å². The normalized spacial score (nSPS) is 11.2. The lowest BCUT2D eigenvalue weighted by Gasteiger charge is -2.16. The Morgan fingerprint density at radius 2 is 2.00 bits per heavy atom. The smallest absolute Gasteiger partial charge is 0.404 e. The molecule has 0 radical (unpaired) electrons. The number of aliphatic hydroxyl groups is 1. The number of nitrogens with one attached hydrogen (secondary N) is 1. The quantitative estimate of drug-likeness (QED) is 0.550. The summed E-state index contributed by atoms with van der Waals surface area (Å²) in [5, 5.41) is 19.8. The van der Waals surface area contributed by atoms with Crippen molar-refractivity contribution in [2.45, 2.75) is 38.7 Å². The number of carboxylic acid groups (broad SMARTS) is 1. The number of amides is 1. The van der Waals surface area contributed by atoms with Crippen LogP contribution in [0.15, 0.2) is 0 Å². The molecular weight excluding hydrogens is 158 g/mol. The molecule has 0 aliphatic heterocycles. The molecule has 0 rings (SSSR count). The standard InChI is InChI=1S/C8H17NO3/c1-8(2,12)5-3-4-6-9-7(10)11/h9,12H,3-6H2,1-2H3,(H,10,11). The van der Waals surface area contributed by atoms with Gasteiger partial charge in [-0.1, -0.05) is 0 Å². The maximum absolute atomic E-state index is 10.00. The molecule has 4 nitrogen and oxygen atoms in total. The van der Waals surface area contributed by atoms with Crippen LogP contribution in [0.25, 0.3) is 0 Å². The molecule has 0 unspecified atom stereocenters. The van der Waals surface area contributed by atoms with Gasteiger partial charge in [0.1, 0.15) is 0 Å². The molecule has 3 N–H and O–H groups in total. The van der Waals surface area contributed by atoms with Crippen LogP contribution >= 0.6 is 0 Å². The van der Waals surface area contributed by atoms with Crippen molar-refractivity contribution < 1.29 is 15.0 Å². The zero-order valence-corrected chi connectivity index (χ0v) is 7.63. The van der Waals surface area contributed by atoms with Gasteiger partial charge in [-0.15, -0.1) is 0 Å². The average molecular weight is 175 g/mol. The van der Waals surface area contributed by atoms with Gasteiger partial charge in [0, 0.05) is 6.54 Å². The highest BCUT2D eigenvalue weighted by atomic mass is 16.4. The maximum atomic E-state index is 10.00. The summed E-state index contributed by atoms with van der Waals surface area (Å²) in [5.41, 5.74) is -0.636. The molecule has 1 amide bonds. The van der Waals surface area contributed by atoms with E-state index in [-0.39, 0.29) is 0 Å². The molecule has 0 aliphatic carbocycles. The predicted molar refractivity (Wildman–Crippen MR) is 46.2 cm³/mol. The van der Waals surface area contributed by atoms with Crippen molar-refractivity contribution in [2.24, 2.45) is 0 Å². The van der Waals surface area contributed by atoms with Gasteiger partial charge in [0.15, 0.2) is 0 Å². The lowest BCUT2D eigenvalue weighted by molar-refractivity contribution is 0.0683. The predicted octanol–water partition coefficient (Wildman–Crippen LogP) is 1.20. The number of carbonyl (C=O) groups is 1. The van der Waals surface area contributed by atoms with E-state index in [4.69, 9.17) is 5.11 Å². The van der Waals surface area contributed by atoms with Gasteiger partial charge in [0.05, 0.1) is 5.60 Å². The minimum Gasteiger partial charge on any atom is -0.465 e. The number of unbranched alkanes of at least 4 members (excludes halogenated alkanes) is 1. The van der Waals surface area contributed by atoms with Crippen LogP contribution in [0.4, 0.5) is 4.79 Å². The summed E-state index contributed by atoms with van der Waals surface area (Å²) in [6.45, 7) is 3.96. The lowest BCUT2D eigenvalue weighted by Crippen LogP contribution is -2.23. The van der Waals surface area contributed by atoms with Gasteiger partial charge < -0.3 is 15.5 Å². The third-order valence-electron chi connectivity index (χ3n) is 1.49. The Hall–Kier alpha value is -0.770. The fourth-order valence-electron chi connectivity index (χ4n) is 0.878. The van der Waals surface area contributed by atoms with E-state index in [2.05, 4.69) is 5.32 Å². The Labute approximate surface area is 72.6 Å². The van der Waals surface area contributed by atoms with E-state index in [1.165, 1.54) is 0 Å². The monoisotopic (exact) mass is 175 g/mol. The van der Waals surface area contributed by atoms with Crippen molar-refractivity contribution in [2.75, 3.05) is 6.54 Å². The second-order valence-corrected chi connectivity index (χ2v) is 3.50. The van der Waals surface area contributed by atoms with Crippen LogP contribution in [-0.4, -0.2) is 28.5 Å². The number of hydrogen-bond donors (Lipinski definition) is 3. The molecule has 4 heteroatoms. The minimum absolute atomic E-state index is 0.464. The largest absolute Gasteiger partial charge is 0.465 e. The molecule has 0 saturated heterocycles. The SMILES string of the molecule is CC(C)(O)CCCCNC(=O)O. The van der Waals surface area contributed by atoms with E-state index in [0.29, 0.717) is 13.0 Å². The Bertz CT molecular complexity index is 140. The third kappa shape index (κ3) is 9.23. The van der Waals surface area contributed by atoms with Crippen LogP contribution in [0.1, 0.15) is 33.1 Å². The van der Waals surface area contributed by atoms with Crippen molar-refractivity contribution >= 4 is 6.09 Å². The topological polar surface area (TPSA) is 69.6 Å². The summed E-state index contributed by atoms with van der Waals surface area (Å²) in [6, 6.07) is 0. The number of hydrogen-bond acceptors (Lipinski definition) is 2. The zero-order chi connectivity index (χ0) is 9.61. The van der Waals surface area contributed by atoms with Gasteiger partial charge in [-0.3, -0.25) is 0 Å². The first-order valence-electron chi connectivity index (χ1n) is 4.11. The van der Waals surface area contributed by atoms with E-state index >= 15 is 0 Å². The highest BCUT2D eigenvalue weighted by molar-refractivity contribution is 5.64. The summed E-state index contributed by atoms with van der Waals surface area (Å²) in [4.78, 5) is 10.00. The van der Waals surface area contributed by atoms with Crippen LogP contribution in [0.3, 0.4) is 0 Å².